The van der Waals surface area contributed by atoms with E-state index in [1.165, 1.54) is 48.7 Å². The average molecular weight is 1450 g/mol. The van der Waals surface area contributed by atoms with Crippen LogP contribution in [0.1, 0.15) is 0 Å². The van der Waals surface area contributed by atoms with Crippen molar-refractivity contribution in [2.24, 2.45) is 0 Å². The number of anilines is 6. The molecule has 0 saturated carbocycles. The summed E-state index contributed by atoms with van der Waals surface area (Å²) in [4.78, 5) is 5.41. The molecular weight excluding hydrogens is 1370 g/mol. The zero-order valence-electron chi connectivity index (χ0n) is 62.5. The highest BCUT2D eigenvalue weighted by atomic mass is 15.2. The lowest BCUT2D eigenvalue weighted by Crippen LogP contribution is -2.61. The second-order valence-corrected chi connectivity index (χ2v) is 30.2. The van der Waals surface area contributed by atoms with Gasteiger partial charge in [0.2, 0.25) is 0 Å². The Balaban J connectivity index is 0.916. The first-order chi connectivity index (χ1) is 56.5. The lowest BCUT2D eigenvalue weighted by Gasteiger charge is -2.46. The highest BCUT2D eigenvalue weighted by molar-refractivity contribution is 7.00. The van der Waals surface area contributed by atoms with Crippen LogP contribution >= 0.6 is 0 Å². The summed E-state index contributed by atoms with van der Waals surface area (Å²) in [5.41, 5.74) is 36.1. The Labute approximate surface area is 664 Å². The number of hydrogen-bond acceptors (Lipinski definition) is 2. The van der Waals surface area contributed by atoms with Gasteiger partial charge in [-0.15, -0.1) is 0 Å². The first-order valence-corrected chi connectivity index (χ1v) is 39.5. The van der Waals surface area contributed by atoms with Crippen LogP contribution in [0.2, 0.25) is 0 Å². The van der Waals surface area contributed by atoms with E-state index in [1.807, 2.05) is 0 Å². The van der Waals surface area contributed by atoms with Gasteiger partial charge in [-0.1, -0.05) is 364 Å². The van der Waals surface area contributed by atoms with E-state index in [0.717, 1.165) is 162 Å². The second kappa shape index (κ2) is 27.6. The third-order valence-corrected chi connectivity index (χ3v) is 23.7. The summed E-state index contributed by atoms with van der Waals surface area (Å²) in [6, 6.07) is 164. The summed E-state index contributed by atoms with van der Waals surface area (Å²) in [6.45, 7) is -0.336. The molecule has 2 aliphatic rings. The average Bonchev–Trinajstić information content (AvgIpc) is 0.816. The van der Waals surface area contributed by atoms with Crippen LogP contribution in [0.25, 0.3) is 160 Å². The van der Waals surface area contributed by atoms with Gasteiger partial charge in [-0.05, 0) is 200 Å². The molecule has 0 fully saturated rings. The first-order valence-electron chi connectivity index (χ1n) is 39.5. The summed E-state index contributed by atoms with van der Waals surface area (Å²) in [5, 5.41) is 7.20. The fourth-order valence-electron chi connectivity index (χ4n) is 18.4. The number of fused-ring (bicyclic) bond motifs is 9. The lowest BCUT2D eigenvalue weighted by atomic mass is 9.33. The number of hydrogen-bond donors (Lipinski definition) is 0. The van der Waals surface area contributed by atoms with E-state index in [2.05, 4.69) is 451 Å². The van der Waals surface area contributed by atoms with Crippen molar-refractivity contribution >= 4 is 101 Å². The number of para-hydroxylation sites is 4. The molecule has 0 bridgehead atoms. The molecule has 22 rings (SSSR count). The SMILES string of the molecule is c1ccc(-c2cccc(-c3cccc(-c4cccc(-c5ccccc5)c4)c3N3c4ccc(-c5ccc6ccccc6c5)cc4B4c5cc(-c6ccc7ccccc7c6)ccc5N(c5c(-c6cccc(-c7ccccc7)c6)cccc5-c5cccc(-c6ccccc6)c5)c5cc(-n6c7ccccc7c7ccccc76)cc3c54)c2)cc1. The van der Waals surface area contributed by atoms with Gasteiger partial charge in [0.05, 0.1) is 28.1 Å². The molecule has 114 heavy (non-hydrogen) atoms. The van der Waals surface area contributed by atoms with E-state index < -0.39 is 0 Å². The highest BCUT2D eigenvalue weighted by Gasteiger charge is 2.46. The minimum atomic E-state index is -0.336. The van der Waals surface area contributed by atoms with Crippen LogP contribution in [0.3, 0.4) is 0 Å². The van der Waals surface area contributed by atoms with Gasteiger partial charge in [0.15, 0.2) is 0 Å². The van der Waals surface area contributed by atoms with Crippen molar-refractivity contribution < 1.29 is 0 Å². The minimum absolute atomic E-state index is 0.336. The Morgan fingerprint density at radius 3 is 0.825 bits per heavy atom. The van der Waals surface area contributed by atoms with Crippen LogP contribution in [0.5, 0.6) is 0 Å². The van der Waals surface area contributed by atoms with Gasteiger partial charge in [-0.2, -0.15) is 0 Å². The molecule has 0 unspecified atom stereocenters. The summed E-state index contributed by atoms with van der Waals surface area (Å²) >= 11 is 0. The Hall–Kier alpha value is -14.8. The lowest BCUT2D eigenvalue weighted by molar-refractivity contribution is 1.16. The van der Waals surface area contributed by atoms with Crippen LogP contribution in [-0.4, -0.2) is 11.3 Å². The number of rotatable bonds is 13. The molecule has 4 heteroatoms. The molecule has 0 atom stereocenters. The van der Waals surface area contributed by atoms with E-state index in [0.29, 0.717) is 0 Å². The number of benzene rings is 19. The molecule has 0 aliphatic carbocycles. The molecule has 1 aromatic heterocycles. The number of aromatic nitrogens is 1. The Morgan fingerprint density at radius 2 is 0.456 bits per heavy atom. The first kappa shape index (κ1) is 66.2. The molecule has 0 spiro atoms. The standard InChI is InChI=1S/C110H72BN3/c1-5-27-73(28-6-1)81-39-21-43-89(65-81)94-49-25-50-95(90-44-22-40-82(66-90)74-29-7-2-8-30-74)109(94)113-104-61-59-87(85-57-55-77-35-13-15-37-79(77)63-85)69-100(104)111-101-70-88(86-58-56-78-36-14-16-38-80(78)64-86)60-62-105(101)114(107-72-93(71-106(113)108(107)111)112-102-53-19-17-47-98(102)99-48-18-20-54-103(99)112)110-96(91-45-23-41-83(67-91)75-31-9-3-10-32-75)51-26-52-97(110)92-46-24-42-84(68-92)76-33-11-4-12-34-76/h1-72H. The van der Waals surface area contributed by atoms with Gasteiger partial charge in [0.25, 0.3) is 6.71 Å². The van der Waals surface area contributed by atoms with Crippen LogP contribution in [0.15, 0.2) is 437 Å². The van der Waals surface area contributed by atoms with Crippen molar-refractivity contribution in [1.29, 1.82) is 0 Å². The van der Waals surface area contributed by atoms with Gasteiger partial charge >= 0.3 is 0 Å². The number of nitrogens with zero attached hydrogens (tertiary/aromatic N) is 3. The molecule has 0 saturated heterocycles. The van der Waals surface area contributed by atoms with Gasteiger partial charge in [-0.3, -0.25) is 0 Å². The Bertz CT molecular complexity index is 6560. The molecule has 2 aliphatic heterocycles. The minimum Gasteiger partial charge on any atom is -0.310 e. The Morgan fingerprint density at radius 1 is 0.175 bits per heavy atom. The monoisotopic (exact) mass is 1450 g/mol. The topological polar surface area (TPSA) is 11.4 Å². The highest BCUT2D eigenvalue weighted by Crippen LogP contribution is 2.55. The fourth-order valence-corrected chi connectivity index (χ4v) is 18.4. The Kier molecular flexibility index (Phi) is 16.0. The largest absolute Gasteiger partial charge is 0.310 e. The van der Waals surface area contributed by atoms with Crippen molar-refractivity contribution in [3.05, 3.63) is 437 Å². The molecular formula is C110H72BN3. The fraction of sp³-hybridized carbons (Fsp3) is 0. The third-order valence-electron chi connectivity index (χ3n) is 23.7. The smallest absolute Gasteiger partial charge is 0.252 e. The summed E-state index contributed by atoms with van der Waals surface area (Å²) in [5.74, 6) is 0. The maximum Gasteiger partial charge on any atom is 0.252 e. The molecule has 530 valence electrons. The third kappa shape index (κ3) is 11.4. The van der Waals surface area contributed by atoms with E-state index >= 15 is 0 Å². The van der Waals surface area contributed by atoms with Crippen molar-refractivity contribution in [1.82, 2.24) is 4.57 Å². The van der Waals surface area contributed by atoms with Gasteiger partial charge in [-0.25, -0.2) is 0 Å². The second-order valence-electron chi connectivity index (χ2n) is 30.2. The summed E-state index contributed by atoms with van der Waals surface area (Å²) in [6.07, 6.45) is 0. The van der Waals surface area contributed by atoms with Crippen molar-refractivity contribution in [3.63, 3.8) is 0 Å². The van der Waals surface area contributed by atoms with Crippen molar-refractivity contribution in [2.45, 2.75) is 0 Å². The maximum absolute atomic E-state index is 2.71. The molecule has 3 nitrogen and oxygen atoms in total. The predicted molar refractivity (Wildman–Crippen MR) is 484 cm³/mol. The molecule has 3 heterocycles. The zero-order chi connectivity index (χ0) is 75.2. The summed E-state index contributed by atoms with van der Waals surface area (Å²) < 4.78 is 2.54. The van der Waals surface area contributed by atoms with E-state index in [1.54, 1.807) is 0 Å². The molecule has 0 radical (unpaired) electrons. The normalized spacial score (nSPS) is 12.2. The van der Waals surface area contributed by atoms with Crippen LogP contribution in [0.4, 0.5) is 34.1 Å². The summed E-state index contributed by atoms with van der Waals surface area (Å²) in [7, 11) is 0. The van der Waals surface area contributed by atoms with Crippen molar-refractivity contribution in [3.8, 4) is 117 Å². The maximum atomic E-state index is 2.71. The van der Waals surface area contributed by atoms with E-state index in [4.69, 9.17) is 0 Å². The zero-order valence-corrected chi connectivity index (χ0v) is 62.5. The van der Waals surface area contributed by atoms with Crippen LogP contribution in [0, 0.1) is 0 Å². The quantitative estimate of drug-likeness (QED) is 0.107. The van der Waals surface area contributed by atoms with Gasteiger partial charge in [0.1, 0.15) is 0 Å². The van der Waals surface area contributed by atoms with E-state index in [9.17, 15) is 0 Å². The predicted octanol–water partition coefficient (Wildman–Crippen LogP) is 27.8. The van der Waals surface area contributed by atoms with Crippen molar-refractivity contribution in [2.75, 3.05) is 9.80 Å². The molecule has 0 amide bonds. The molecule has 19 aromatic carbocycles. The van der Waals surface area contributed by atoms with E-state index in [-0.39, 0.29) is 6.71 Å². The van der Waals surface area contributed by atoms with Gasteiger partial charge in [0, 0.05) is 55.8 Å². The van der Waals surface area contributed by atoms with Crippen LogP contribution in [-0.2, 0) is 0 Å². The molecule has 20 aromatic rings. The van der Waals surface area contributed by atoms with Gasteiger partial charge < -0.3 is 14.4 Å². The van der Waals surface area contributed by atoms with Crippen LogP contribution < -0.4 is 26.2 Å². The molecule has 0 N–H and O–H groups in total.